The van der Waals surface area contributed by atoms with Crippen molar-refractivity contribution in [3.05, 3.63) is 64.7 Å². The molecule has 5 nitrogen and oxygen atoms in total. The van der Waals surface area contributed by atoms with Crippen LogP contribution in [0.25, 0.3) is 0 Å². The maximum absolute atomic E-state index is 12.3. The summed E-state index contributed by atoms with van der Waals surface area (Å²) in [5, 5.41) is 12.0. The Balaban J connectivity index is 2.10. The van der Waals surface area contributed by atoms with E-state index in [0.29, 0.717) is 17.4 Å². The maximum Gasteiger partial charge on any atom is 0.245 e. The highest BCUT2D eigenvalue weighted by molar-refractivity contribution is 6.30. The zero-order chi connectivity index (χ0) is 17.5. The molecule has 6 heteroatoms. The van der Waals surface area contributed by atoms with Crippen molar-refractivity contribution in [2.45, 2.75) is 6.61 Å². The number of nitriles is 1. The number of halogens is 1. The van der Waals surface area contributed by atoms with E-state index in [-0.39, 0.29) is 5.56 Å². The van der Waals surface area contributed by atoms with Gasteiger partial charge >= 0.3 is 0 Å². The van der Waals surface area contributed by atoms with E-state index in [4.69, 9.17) is 21.6 Å². The molecule has 0 aliphatic carbocycles. The molecule has 122 valence electrons. The van der Waals surface area contributed by atoms with Crippen molar-refractivity contribution in [3.63, 3.8) is 0 Å². The van der Waals surface area contributed by atoms with Crippen LogP contribution in [0.5, 0.6) is 5.75 Å². The van der Waals surface area contributed by atoms with Gasteiger partial charge in [-0.1, -0.05) is 35.9 Å². The number of rotatable bonds is 6. The van der Waals surface area contributed by atoms with Crippen LogP contribution < -0.4 is 10.1 Å². The predicted molar refractivity (Wildman–Crippen MR) is 89.7 cm³/mol. The van der Waals surface area contributed by atoms with Gasteiger partial charge in [0.25, 0.3) is 0 Å². The van der Waals surface area contributed by atoms with Crippen molar-refractivity contribution in [3.8, 4) is 11.8 Å². The number of ether oxygens (including phenoxy) is 1. The molecule has 1 N–H and O–H groups in total. The van der Waals surface area contributed by atoms with E-state index in [1.807, 2.05) is 12.1 Å². The van der Waals surface area contributed by atoms with E-state index in [1.54, 1.807) is 36.4 Å². The Kier molecular flexibility index (Phi) is 5.94. The van der Waals surface area contributed by atoms with Gasteiger partial charge in [-0.05, 0) is 29.8 Å². The molecule has 0 fully saturated rings. The Morgan fingerprint density at radius 3 is 2.58 bits per heavy atom. The average Bonchev–Trinajstić information content (AvgIpc) is 2.61. The Labute approximate surface area is 144 Å². The lowest BCUT2D eigenvalue weighted by Crippen LogP contribution is -2.32. The van der Waals surface area contributed by atoms with Gasteiger partial charge in [0, 0.05) is 17.6 Å². The van der Waals surface area contributed by atoms with E-state index < -0.39 is 17.6 Å². The molecule has 2 aromatic carbocycles. The van der Waals surface area contributed by atoms with Crippen molar-refractivity contribution in [1.29, 1.82) is 5.26 Å². The highest BCUT2D eigenvalue weighted by Gasteiger charge is 2.26. The second-order valence-corrected chi connectivity index (χ2v) is 5.42. The third kappa shape index (κ3) is 4.34. The largest absolute Gasteiger partial charge is 0.489 e. The summed E-state index contributed by atoms with van der Waals surface area (Å²) in [6, 6.07) is 15.3. The first kappa shape index (κ1) is 17.5. The van der Waals surface area contributed by atoms with Crippen molar-refractivity contribution >= 4 is 23.3 Å². The van der Waals surface area contributed by atoms with E-state index >= 15 is 0 Å². The van der Waals surface area contributed by atoms with Crippen LogP contribution in [0.15, 0.2) is 48.5 Å². The zero-order valence-corrected chi connectivity index (χ0v) is 13.7. The molecule has 0 aromatic heterocycles. The minimum absolute atomic E-state index is 0.249. The summed E-state index contributed by atoms with van der Waals surface area (Å²) < 4.78 is 5.64. The van der Waals surface area contributed by atoms with Gasteiger partial charge in [-0.3, -0.25) is 9.59 Å². The van der Waals surface area contributed by atoms with Gasteiger partial charge in [0.1, 0.15) is 12.4 Å². The topological polar surface area (TPSA) is 79.2 Å². The number of nitrogens with one attached hydrogen (secondary N) is 1. The molecule has 24 heavy (non-hydrogen) atoms. The molecule has 0 aliphatic rings. The Morgan fingerprint density at radius 1 is 1.25 bits per heavy atom. The first-order valence-corrected chi connectivity index (χ1v) is 7.55. The lowest BCUT2D eigenvalue weighted by atomic mass is 9.98. The normalized spacial score (nSPS) is 11.2. The minimum atomic E-state index is -1.37. The summed E-state index contributed by atoms with van der Waals surface area (Å²) in [5.41, 5.74) is 1.18. The molecule has 0 saturated heterocycles. The molecule has 0 unspecified atom stereocenters. The standard InChI is InChI=1S/C18H15ClN2O3/c1-21-18(23)16(10-20)17(22)13-3-2-4-15(9-13)24-11-12-5-7-14(19)8-6-12/h2-9,16H,11H2,1H3,(H,21,23)/t16-/m0/s1. The van der Waals surface area contributed by atoms with Crippen molar-refractivity contribution in [2.75, 3.05) is 7.05 Å². The van der Waals surface area contributed by atoms with E-state index in [2.05, 4.69) is 5.32 Å². The average molecular weight is 343 g/mol. The predicted octanol–water partition coefficient (Wildman–Crippen LogP) is 2.99. The molecule has 0 aliphatic heterocycles. The van der Waals surface area contributed by atoms with Crippen LogP contribution in [0.1, 0.15) is 15.9 Å². The highest BCUT2D eigenvalue weighted by Crippen LogP contribution is 2.18. The summed E-state index contributed by atoms with van der Waals surface area (Å²) in [7, 11) is 1.38. The number of hydrogen-bond donors (Lipinski definition) is 1. The smallest absolute Gasteiger partial charge is 0.245 e. The number of amides is 1. The van der Waals surface area contributed by atoms with Gasteiger partial charge in [0.2, 0.25) is 5.91 Å². The number of Topliss-reactive ketones (excluding diaryl/α,β-unsaturated/α-hetero) is 1. The molecule has 0 heterocycles. The second kappa shape index (κ2) is 8.14. The monoisotopic (exact) mass is 342 g/mol. The molecule has 2 rings (SSSR count). The number of benzene rings is 2. The molecular weight excluding hydrogens is 328 g/mol. The highest BCUT2D eigenvalue weighted by atomic mass is 35.5. The lowest BCUT2D eigenvalue weighted by Gasteiger charge is -2.10. The molecule has 0 bridgehead atoms. The molecule has 0 spiro atoms. The number of carbonyl (C=O) groups is 2. The quantitative estimate of drug-likeness (QED) is 0.646. The van der Waals surface area contributed by atoms with Gasteiger partial charge in [0.15, 0.2) is 11.7 Å². The fourth-order valence-electron chi connectivity index (χ4n) is 2.03. The molecule has 1 atom stereocenters. The number of ketones is 1. The summed E-state index contributed by atoms with van der Waals surface area (Å²) >= 11 is 5.83. The van der Waals surface area contributed by atoms with Crippen LogP contribution >= 0.6 is 11.6 Å². The van der Waals surface area contributed by atoms with Crippen LogP contribution in [0.2, 0.25) is 5.02 Å². The van der Waals surface area contributed by atoms with Gasteiger partial charge in [-0.15, -0.1) is 0 Å². The molecular formula is C18H15ClN2O3. The summed E-state index contributed by atoms with van der Waals surface area (Å²) in [4.78, 5) is 23.9. The van der Waals surface area contributed by atoms with Gasteiger partial charge < -0.3 is 10.1 Å². The SMILES string of the molecule is CNC(=O)[C@@H](C#N)C(=O)c1cccc(OCc2ccc(Cl)cc2)c1. The molecule has 0 saturated carbocycles. The molecule has 1 amide bonds. The van der Waals surface area contributed by atoms with Crippen molar-refractivity contribution < 1.29 is 14.3 Å². The third-order valence-corrected chi connectivity index (χ3v) is 3.59. The third-order valence-electron chi connectivity index (χ3n) is 3.34. The van der Waals surface area contributed by atoms with Crippen LogP contribution in [0.3, 0.4) is 0 Å². The summed E-state index contributed by atoms with van der Waals surface area (Å²) in [6.45, 7) is 0.311. The number of hydrogen-bond acceptors (Lipinski definition) is 4. The fourth-order valence-corrected chi connectivity index (χ4v) is 2.16. The van der Waals surface area contributed by atoms with Crippen molar-refractivity contribution in [2.24, 2.45) is 5.92 Å². The summed E-state index contributed by atoms with van der Waals surface area (Å²) in [5.74, 6) is -2.09. The zero-order valence-electron chi connectivity index (χ0n) is 13.0. The van der Waals surface area contributed by atoms with E-state index in [0.717, 1.165) is 5.56 Å². The van der Waals surface area contributed by atoms with Crippen LogP contribution in [0.4, 0.5) is 0 Å². The Bertz CT molecular complexity index is 782. The van der Waals surface area contributed by atoms with Gasteiger partial charge in [0.05, 0.1) is 6.07 Å². The Morgan fingerprint density at radius 2 is 1.96 bits per heavy atom. The van der Waals surface area contributed by atoms with E-state index in [1.165, 1.54) is 13.1 Å². The van der Waals surface area contributed by atoms with Crippen LogP contribution in [0, 0.1) is 17.2 Å². The van der Waals surface area contributed by atoms with Crippen molar-refractivity contribution in [1.82, 2.24) is 5.32 Å². The fraction of sp³-hybridized carbons (Fsp3) is 0.167. The lowest BCUT2D eigenvalue weighted by molar-refractivity contribution is -0.121. The first-order chi connectivity index (χ1) is 11.5. The van der Waals surface area contributed by atoms with Crippen LogP contribution in [-0.4, -0.2) is 18.7 Å². The first-order valence-electron chi connectivity index (χ1n) is 7.18. The molecule has 2 aromatic rings. The minimum Gasteiger partial charge on any atom is -0.489 e. The molecule has 0 radical (unpaired) electrons. The van der Waals surface area contributed by atoms with Gasteiger partial charge in [-0.25, -0.2) is 0 Å². The van der Waals surface area contributed by atoms with E-state index in [9.17, 15) is 9.59 Å². The number of nitrogens with zero attached hydrogens (tertiary/aromatic N) is 1. The Hall–Kier alpha value is -2.84. The second-order valence-electron chi connectivity index (χ2n) is 4.98. The van der Waals surface area contributed by atoms with Crippen LogP contribution in [-0.2, 0) is 11.4 Å². The number of carbonyl (C=O) groups excluding carboxylic acids is 2. The maximum atomic E-state index is 12.3. The summed E-state index contributed by atoms with van der Waals surface area (Å²) in [6.07, 6.45) is 0. The van der Waals surface area contributed by atoms with Gasteiger partial charge in [-0.2, -0.15) is 5.26 Å².